The van der Waals surface area contributed by atoms with Crippen LogP contribution >= 0.6 is 45.9 Å². The smallest absolute Gasteiger partial charge is 0.358 e. The van der Waals surface area contributed by atoms with Gasteiger partial charge in [0.1, 0.15) is 38.8 Å². The normalized spacial score (nSPS) is 20.9. The highest BCUT2D eigenvalue weighted by Gasteiger charge is 2.39. The fraction of sp³-hybridized carbons (Fsp3) is 0.676. The highest BCUT2D eigenvalue weighted by atomic mass is 35.5. The van der Waals surface area contributed by atoms with E-state index in [4.69, 9.17) is 46.9 Å². The highest BCUT2D eigenvalue weighted by Crippen LogP contribution is 2.35. The maximum absolute atomic E-state index is 13.6. The Morgan fingerprint density at radius 1 is 1.04 bits per heavy atom. The van der Waals surface area contributed by atoms with Gasteiger partial charge in [-0.15, -0.1) is 45.9 Å². The number of hydrogen-bond donors (Lipinski definition) is 2. The number of carbonyl (C=O) groups excluding carboxylic acids is 6. The van der Waals surface area contributed by atoms with Crippen molar-refractivity contribution in [3.63, 3.8) is 0 Å². The third kappa shape index (κ3) is 14.8. The number of aliphatic hydroxyl groups is 1. The first-order valence-electron chi connectivity index (χ1n) is 18.3. The number of hydrogen-bond acceptors (Lipinski definition) is 16. The molecule has 0 spiro atoms. The summed E-state index contributed by atoms with van der Waals surface area (Å²) < 4.78 is 27.3. The van der Waals surface area contributed by atoms with Gasteiger partial charge in [0.15, 0.2) is 23.6 Å². The molecule has 1 aliphatic heterocycles. The van der Waals surface area contributed by atoms with Crippen molar-refractivity contribution in [2.45, 2.75) is 141 Å². The number of ether oxygens (including phenoxy) is 5. The minimum atomic E-state index is -1.66. The first-order chi connectivity index (χ1) is 26.1. The molecule has 4 bridgehead atoms. The Balaban J connectivity index is 2.01. The number of nitrogens with zero attached hydrogens (tertiary/aromatic N) is 2. The number of carbonyl (C=O) groups is 6. The van der Waals surface area contributed by atoms with E-state index in [0.717, 1.165) is 22.7 Å². The standard InChI is InChI=1S/C37H51Cl2N3O12S2/c1-9-11-28(44)40-22(14-19(2)3)26(51-21(5)43)15-29(45)52-27-16-50-34(47)23-17-56-32(42-23)30(36(6,7)49)54-33(46)20(4)25(12-10-13-37(8,38)39)53-35(48)24-18-55-31(27)41-24/h17-20,22,25-27,30,49H,9-16H2,1-8H3,(H,40,44)/t20-,22-,25-,26+,27+,30+/m0/s1. The maximum atomic E-state index is 13.6. The minimum absolute atomic E-state index is 0.0550. The largest absolute Gasteiger partial charge is 0.460 e. The number of amides is 1. The van der Waals surface area contributed by atoms with E-state index in [1.807, 2.05) is 20.8 Å². The molecule has 0 saturated carbocycles. The third-order valence-corrected chi connectivity index (χ3v) is 10.7. The number of halogens is 2. The van der Waals surface area contributed by atoms with Crippen LogP contribution in [0.3, 0.4) is 0 Å². The number of thiazole rings is 2. The lowest BCUT2D eigenvalue weighted by atomic mass is 9.96. The summed E-state index contributed by atoms with van der Waals surface area (Å²) in [6.07, 6.45) is -3.26. The van der Waals surface area contributed by atoms with Gasteiger partial charge >= 0.3 is 29.8 Å². The van der Waals surface area contributed by atoms with Gasteiger partial charge in [-0.2, -0.15) is 0 Å². The second-order valence-electron chi connectivity index (χ2n) is 14.8. The van der Waals surface area contributed by atoms with E-state index in [2.05, 4.69) is 15.3 Å². The van der Waals surface area contributed by atoms with Crippen LogP contribution in [0.5, 0.6) is 0 Å². The number of rotatable bonds is 15. The number of alkyl halides is 2. The molecule has 0 fully saturated rings. The van der Waals surface area contributed by atoms with Crippen LogP contribution in [0.15, 0.2) is 10.8 Å². The first-order valence-corrected chi connectivity index (χ1v) is 20.8. The molecule has 2 aromatic heterocycles. The van der Waals surface area contributed by atoms with E-state index in [1.54, 1.807) is 6.92 Å². The lowest BCUT2D eigenvalue weighted by Gasteiger charge is -2.30. The molecule has 312 valence electrons. The summed E-state index contributed by atoms with van der Waals surface area (Å²) in [6.45, 7) is 12.2. The highest BCUT2D eigenvalue weighted by molar-refractivity contribution is 7.10. The molecule has 15 nitrogen and oxygen atoms in total. The van der Waals surface area contributed by atoms with Crippen molar-refractivity contribution >= 4 is 81.6 Å². The molecule has 19 heteroatoms. The molecular weight excluding hydrogens is 813 g/mol. The fourth-order valence-electron chi connectivity index (χ4n) is 5.67. The minimum Gasteiger partial charge on any atom is -0.460 e. The Morgan fingerprint density at radius 2 is 1.66 bits per heavy atom. The van der Waals surface area contributed by atoms with Crippen LogP contribution in [-0.4, -0.2) is 85.6 Å². The lowest BCUT2D eigenvalue weighted by Crippen LogP contribution is -2.47. The van der Waals surface area contributed by atoms with Crippen LogP contribution in [-0.2, 0) is 42.9 Å². The van der Waals surface area contributed by atoms with Crippen molar-refractivity contribution in [2.24, 2.45) is 11.8 Å². The van der Waals surface area contributed by atoms with Gasteiger partial charge in [-0.1, -0.05) is 20.8 Å². The molecule has 2 aromatic rings. The number of esters is 5. The van der Waals surface area contributed by atoms with Gasteiger partial charge in [-0.25, -0.2) is 19.6 Å². The Bertz CT molecular complexity index is 1690. The van der Waals surface area contributed by atoms with E-state index >= 15 is 0 Å². The summed E-state index contributed by atoms with van der Waals surface area (Å²) in [6, 6.07) is -0.717. The summed E-state index contributed by atoms with van der Waals surface area (Å²) in [7, 11) is 0. The summed E-state index contributed by atoms with van der Waals surface area (Å²) >= 11 is 14.2. The van der Waals surface area contributed by atoms with E-state index in [0.29, 0.717) is 25.7 Å². The Hall–Kier alpha value is -3.38. The number of aromatic nitrogens is 2. The van der Waals surface area contributed by atoms with E-state index < -0.39 is 89.2 Å². The molecule has 1 amide bonds. The molecule has 0 saturated heterocycles. The van der Waals surface area contributed by atoms with Gasteiger partial charge in [-0.05, 0) is 65.7 Å². The molecule has 0 radical (unpaired) electrons. The van der Waals surface area contributed by atoms with E-state index in [1.165, 1.54) is 38.5 Å². The molecule has 0 aliphatic carbocycles. The lowest BCUT2D eigenvalue weighted by molar-refractivity contribution is -0.171. The van der Waals surface area contributed by atoms with E-state index in [9.17, 15) is 33.9 Å². The van der Waals surface area contributed by atoms with Crippen LogP contribution in [0.4, 0.5) is 0 Å². The van der Waals surface area contributed by atoms with Crippen LogP contribution in [0, 0.1) is 11.8 Å². The zero-order valence-corrected chi connectivity index (χ0v) is 35.9. The Morgan fingerprint density at radius 3 is 2.25 bits per heavy atom. The average molecular weight is 865 g/mol. The van der Waals surface area contributed by atoms with Crippen LogP contribution in [0.1, 0.15) is 144 Å². The molecule has 3 rings (SSSR count). The van der Waals surface area contributed by atoms with Gasteiger partial charge in [-0.3, -0.25) is 19.2 Å². The third-order valence-electron chi connectivity index (χ3n) is 8.45. The summed E-state index contributed by atoms with van der Waals surface area (Å²) in [5.41, 5.74) is -2.01. The molecule has 3 heterocycles. The van der Waals surface area contributed by atoms with Gasteiger partial charge in [0.25, 0.3) is 0 Å². The number of fused-ring (bicyclic) bond motifs is 4. The monoisotopic (exact) mass is 863 g/mol. The molecule has 6 atom stereocenters. The van der Waals surface area contributed by atoms with Gasteiger partial charge in [0.05, 0.1) is 18.4 Å². The average Bonchev–Trinajstić information content (AvgIpc) is 3.77. The van der Waals surface area contributed by atoms with Crippen LogP contribution in [0.2, 0.25) is 0 Å². The maximum Gasteiger partial charge on any atom is 0.358 e. The van der Waals surface area contributed by atoms with Crippen molar-refractivity contribution < 1.29 is 57.6 Å². The van der Waals surface area contributed by atoms with Crippen molar-refractivity contribution in [3.8, 4) is 0 Å². The molecule has 2 N–H and O–H groups in total. The SMILES string of the molecule is CCCC(=O)N[C@@H](CC(C)C)[C@@H](CC(=O)O[C@@H]1COC(=O)c2csc(n2)[C@H](C(C)(C)O)OC(=O)[C@@H](C)[C@H](CCCC(C)(Cl)Cl)OC(=O)c2csc1n2)OC(C)=O. The first kappa shape index (κ1) is 47.0. The van der Waals surface area contributed by atoms with Crippen molar-refractivity contribution in [2.75, 3.05) is 6.61 Å². The molecule has 0 unspecified atom stereocenters. The van der Waals surface area contributed by atoms with Gasteiger partial charge < -0.3 is 34.1 Å². The molecule has 0 aromatic carbocycles. The second-order valence-corrected chi connectivity index (χ2v) is 18.4. The second kappa shape index (κ2) is 20.9. The Kier molecular flexibility index (Phi) is 17.5. The van der Waals surface area contributed by atoms with Crippen molar-refractivity contribution in [3.05, 3.63) is 32.2 Å². The van der Waals surface area contributed by atoms with Crippen LogP contribution in [0.25, 0.3) is 0 Å². The quantitative estimate of drug-likeness (QED) is 0.110. The Labute approximate surface area is 344 Å². The van der Waals surface area contributed by atoms with Gasteiger partial charge in [0, 0.05) is 24.1 Å². The number of nitrogens with one attached hydrogen (secondary N) is 1. The fourth-order valence-corrected chi connectivity index (χ4v) is 7.73. The topological polar surface area (TPSA) is 207 Å². The molecule has 1 aliphatic rings. The van der Waals surface area contributed by atoms with Crippen LogP contribution < -0.4 is 5.32 Å². The van der Waals surface area contributed by atoms with Gasteiger partial charge in [0.2, 0.25) is 5.91 Å². The summed E-state index contributed by atoms with van der Waals surface area (Å²) in [5, 5.41) is 16.7. The molecule has 56 heavy (non-hydrogen) atoms. The predicted octanol–water partition coefficient (Wildman–Crippen LogP) is 6.59. The zero-order chi connectivity index (χ0) is 42.0. The summed E-state index contributed by atoms with van der Waals surface area (Å²) in [5.74, 6) is -5.45. The van der Waals surface area contributed by atoms with Crippen molar-refractivity contribution in [1.82, 2.24) is 15.3 Å². The van der Waals surface area contributed by atoms with Crippen molar-refractivity contribution in [1.29, 1.82) is 0 Å². The van der Waals surface area contributed by atoms with E-state index in [-0.39, 0.29) is 46.1 Å². The zero-order valence-electron chi connectivity index (χ0n) is 32.8. The number of cyclic esters (lactones) is 3. The predicted molar refractivity (Wildman–Crippen MR) is 207 cm³/mol. The molecular formula is C37H51Cl2N3O12S2. The summed E-state index contributed by atoms with van der Waals surface area (Å²) in [4.78, 5) is 87.3.